The van der Waals surface area contributed by atoms with Crippen LogP contribution in [0.5, 0.6) is 0 Å². The lowest BCUT2D eigenvalue weighted by Crippen LogP contribution is -2.22. The van der Waals surface area contributed by atoms with Crippen molar-refractivity contribution in [3.8, 4) is 11.5 Å². The molecule has 0 spiro atoms. The van der Waals surface area contributed by atoms with E-state index in [1.54, 1.807) is 36.4 Å². The molecule has 1 aromatic heterocycles. The molecule has 1 heterocycles. The monoisotopic (exact) mass is 518 g/mol. The summed E-state index contributed by atoms with van der Waals surface area (Å²) >= 11 is 3.31. The minimum atomic E-state index is -3.91. The topological polar surface area (TPSA) is 116 Å². The lowest BCUT2D eigenvalue weighted by molar-refractivity contribution is -0.117. The first-order valence-electron chi connectivity index (χ1n) is 9.83. The number of hydrogen-bond acceptors (Lipinski definition) is 8. The molecule has 0 aliphatic heterocycles. The number of nitrogens with zero attached hydrogens (tertiary/aromatic N) is 2. The normalized spacial score (nSPS) is 17.3. The van der Waals surface area contributed by atoms with Gasteiger partial charge in [-0.15, -0.1) is 10.2 Å². The highest BCUT2D eigenvalue weighted by atomic mass is 79.9. The summed E-state index contributed by atoms with van der Waals surface area (Å²) < 4.78 is 38.2. The molecular formula is C22H19BrN2O6S. The van der Waals surface area contributed by atoms with E-state index in [0.29, 0.717) is 28.4 Å². The molecule has 3 aromatic rings. The van der Waals surface area contributed by atoms with Gasteiger partial charge >= 0.3 is 5.97 Å². The number of sulfone groups is 1. The highest BCUT2D eigenvalue weighted by molar-refractivity contribution is 9.10. The zero-order chi connectivity index (χ0) is 22.9. The van der Waals surface area contributed by atoms with Gasteiger partial charge in [0.2, 0.25) is 11.8 Å². The zero-order valence-electron chi connectivity index (χ0n) is 17.0. The van der Waals surface area contributed by atoms with Crippen molar-refractivity contribution < 1.29 is 27.2 Å². The van der Waals surface area contributed by atoms with E-state index in [2.05, 4.69) is 30.9 Å². The number of rotatable bonds is 6. The van der Waals surface area contributed by atoms with Crippen LogP contribution < -0.4 is 0 Å². The van der Waals surface area contributed by atoms with Crippen LogP contribution in [0.4, 0.5) is 0 Å². The third kappa shape index (κ3) is 4.37. The first kappa shape index (κ1) is 22.3. The Morgan fingerprint density at radius 3 is 2.56 bits per heavy atom. The van der Waals surface area contributed by atoms with Crippen LogP contribution in [0.25, 0.3) is 11.5 Å². The van der Waals surface area contributed by atoms with Gasteiger partial charge in [-0.05, 0) is 54.8 Å². The van der Waals surface area contributed by atoms with Crippen molar-refractivity contribution >= 4 is 37.5 Å². The smallest absolute Gasteiger partial charge is 0.337 e. The van der Waals surface area contributed by atoms with E-state index in [9.17, 15) is 18.0 Å². The average molecular weight is 519 g/mol. The Hall–Kier alpha value is -2.85. The van der Waals surface area contributed by atoms with Gasteiger partial charge in [0.05, 0.1) is 17.6 Å². The molecular weight excluding hydrogens is 500 g/mol. The molecule has 1 fully saturated rings. The lowest BCUT2D eigenvalue weighted by Gasteiger charge is -2.20. The van der Waals surface area contributed by atoms with Gasteiger partial charge in [0.25, 0.3) is 0 Å². The maximum Gasteiger partial charge on any atom is 0.337 e. The number of carbonyl (C=O) groups is 2. The maximum absolute atomic E-state index is 13.6. The minimum absolute atomic E-state index is 0.0163. The van der Waals surface area contributed by atoms with Crippen LogP contribution in [0.1, 0.15) is 40.8 Å². The van der Waals surface area contributed by atoms with Gasteiger partial charge in [-0.3, -0.25) is 4.79 Å². The predicted molar refractivity (Wildman–Crippen MR) is 117 cm³/mol. The molecule has 0 N–H and O–H groups in total. The molecule has 0 amide bonds. The Balaban J connectivity index is 1.72. The van der Waals surface area contributed by atoms with Crippen LogP contribution in [0.15, 0.2) is 62.3 Å². The van der Waals surface area contributed by atoms with E-state index >= 15 is 0 Å². The third-order valence-electron chi connectivity index (χ3n) is 5.41. The molecule has 4 rings (SSSR count). The Morgan fingerprint density at radius 2 is 1.94 bits per heavy atom. The molecule has 1 saturated carbocycles. The van der Waals surface area contributed by atoms with E-state index in [4.69, 9.17) is 4.42 Å². The quantitative estimate of drug-likeness (QED) is 0.446. The number of methoxy groups -OCH3 is 1. The molecule has 0 saturated heterocycles. The summed E-state index contributed by atoms with van der Waals surface area (Å²) in [6, 6.07) is 12.7. The molecule has 10 heteroatoms. The first-order chi connectivity index (χ1) is 15.3. The lowest BCUT2D eigenvalue weighted by atomic mass is 10.0. The zero-order valence-corrected chi connectivity index (χ0v) is 19.4. The molecule has 0 radical (unpaired) electrons. The number of Topliss-reactive ketones (excluding diaryl/α,β-unsaturated/α-hetero) is 1. The number of aromatic nitrogens is 2. The van der Waals surface area contributed by atoms with Gasteiger partial charge in [-0.1, -0.05) is 22.0 Å². The van der Waals surface area contributed by atoms with Crippen LogP contribution in [0, 0.1) is 5.92 Å². The van der Waals surface area contributed by atoms with Gasteiger partial charge < -0.3 is 9.15 Å². The third-order valence-corrected chi connectivity index (χ3v) is 8.07. The fourth-order valence-corrected chi connectivity index (χ4v) is 6.32. The van der Waals surface area contributed by atoms with E-state index < -0.39 is 27.0 Å². The number of halogens is 1. The molecule has 2 aromatic carbocycles. The Bertz CT molecular complexity index is 1270. The van der Waals surface area contributed by atoms with Crippen LogP contribution in [0.3, 0.4) is 0 Å². The fourth-order valence-electron chi connectivity index (χ4n) is 3.81. The van der Waals surface area contributed by atoms with Crippen molar-refractivity contribution in [1.82, 2.24) is 10.2 Å². The summed E-state index contributed by atoms with van der Waals surface area (Å²) in [6.45, 7) is 0. The van der Waals surface area contributed by atoms with Crippen molar-refractivity contribution in [2.24, 2.45) is 5.92 Å². The SMILES string of the molecule is COC(=O)c1ccc(-c2nnc(C(C3CCC(=O)C3)S(=O)(=O)c3cccc(Br)c3)o2)cc1. The van der Waals surface area contributed by atoms with Gasteiger partial charge in [-0.25, -0.2) is 13.2 Å². The van der Waals surface area contributed by atoms with E-state index in [-0.39, 0.29) is 28.9 Å². The number of ether oxygens (including phenoxy) is 1. The van der Waals surface area contributed by atoms with Gasteiger partial charge in [0.15, 0.2) is 9.84 Å². The maximum atomic E-state index is 13.6. The second kappa shape index (κ2) is 8.95. The average Bonchev–Trinajstić information content (AvgIpc) is 3.43. The van der Waals surface area contributed by atoms with E-state index in [1.165, 1.54) is 19.2 Å². The second-order valence-corrected chi connectivity index (χ2v) is 10.5. The number of ketones is 1. The number of carbonyl (C=O) groups excluding carboxylic acids is 2. The number of esters is 1. The predicted octanol–water partition coefficient (Wildman–Crippen LogP) is 4.17. The molecule has 2 unspecified atom stereocenters. The highest BCUT2D eigenvalue weighted by Crippen LogP contribution is 2.42. The van der Waals surface area contributed by atoms with Crippen LogP contribution in [0.2, 0.25) is 0 Å². The van der Waals surface area contributed by atoms with Crippen molar-refractivity contribution in [3.05, 3.63) is 64.5 Å². The van der Waals surface area contributed by atoms with Crippen molar-refractivity contribution in [1.29, 1.82) is 0 Å². The Morgan fingerprint density at radius 1 is 1.19 bits per heavy atom. The largest absolute Gasteiger partial charge is 0.465 e. The summed E-state index contributed by atoms with van der Waals surface area (Å²) in [4.78, 5) is 23.7. The first-order valence-corrected chi connectivity index (χ1v) is 12.2. The van der Waals surface area contributed by atoms with Crippen molar-refractivity contribution in [3.63, 3.8) is 0 Å². The molecule has 32 heavy (non-hydrogen) atoms. The number of benzene rings is 2. The summed E-state index contributed by atoms with van der Waals surface area (Å²) in [7, 11) is -2.62. The standard InChI is InChI=1S/C22H19BrN2O6S/c1-30-22(27)14-7-5-13(6-8-14)20-24-25-21(31-20)19(15-9-10-17(26)11-15)32(28,29)18-4-2-3-16(23)12-18/h2-8,12,15,19H,9-11H2,1H3. The van der Waals surface area contributed by atoms with E-state index in [0.717, 1.165) is 0 Å². The summed E-state index contributed by atoms with van der Waals surface area (Å²) in [6.07, 6.45) is 0.900. The van der Waals surface area contributed by atoms with E-state index in [1.807, 2.05) is 0 Å². The summed E-state index contributed by atoms with van der Waals surface area (Å²) in [5.74, 6) is -0.857. The van der Waals surface area contributed by atoms with Crippen LogP contribution in [-0.4, -0.2) is 37.5 Å². The van der Waals surface area contributed by atoms with Crippen LogP contribution >= 0.6 is 15.9 Å². The Labute approximate surface area is 193 Å². The second-order valence-electron chi connectivity index (χ2n) is 7.48. The van der Waals surface area contributed by atoms with Gasteiger partial charge in [0.1, 0.15) is 11.0 Å². The van der Waals surface area contributed by atoms with Crippen molar-refractivity contribution in [2.75, 3.05) is 7.11 Å². The molecule has 1 aliphatic rings. The highest BCUT2D eigenvalue weighted by Gasteiger charge is 2.43. The Kier molecular flexibility index (Phi) is 6.25. The molecule has 1 aliphatic carbocycles. The summed E-state index contributed by atoms with van der Waals surface area (Å²) in [5.41, 5.74) is 0.882. The molecule has 0 bridgehead atoms. The summed E-state index contributed by atoms with van der Waals surface area (Å²) in [5, 5.41) is 6.93. The van der Waals surface area contributed by atoms with Gasteiger partial charge in [-0.2, -0.15) is 0 Å². The molecule has 166 valence electrons. The molecule has 8 nitrogen and oxygen atoms in total. The minimum Gasteiger partial charge on any atom is -0.465 e. The van der Waals surface area contributed by atoms with Gasteiger partial charge in [0, 0.05) is 22.9 Å². The fraction of sp³-hybridized carbons (Fsp3) is 0.273. The van der Waals surface area contributed by atoms with Crippen LogP contribution in [-0.2, 0) is 19.4 Å². The number of hydrogen-bond donors (Lipinski definition) is 0. The molecule has 2 atom stereocenters. The van der Waals surface area contributed by atoms with Crippen molar-refractivity contribution in [2.45, 2.75) is 29.4 Å².